The third kappa shape index (κ3) is 3.95. The van der Waals surface area contributed by atoms with E-state index >= 15 is 0 Å². The highest BCUT2D eigenvalue weighted by atomic mass is 35.5. The summed E-state index contributed by atoms with van der Waals surface area (Å²) in [5.41, 5.74) is 0.152. The summed E-state index contributed by atoms with van der Waals surface area (Å²) in [6, 6.07) is 8.02. The first-order valence-electron chi connectivity index (χ1n) is 8.14. The summed E-state index contributed by atoms with van der Waals surface area (Å²) in [5, 5.41) is 24.7. The quantitative estimate of drug-likeness (QED) is 0.434. The van der Waals surface area contributed by atoms with Gasteiger partial charge in [-0.2, -0.15) is 4.98 Å². The molecular weight excluding hydrogens is 425 g/mol. The molecule has 28 heavy (non-hydrogen) atoms. The fraction of sp³-hybridized carbons (Fsp3) is 0.176. The number of aliphatic hydroxyl groups excluding tert-OH is 1. The van der Waals surface area contributed by atoms with E-state index in [0.29, 0.717) is 34.1 Å². The number of nitrogens with zero attached hydrogens (tertiary/aromatic N) is 5. The molecule has 0 aliphatic rings. The zero-order valence-corrected chi connectivity index (χ0v) is 16.6. The number of thioether (sulfide) groups is 1. The van der Waals surface area contributed by atoms with Gasteiger partial charge >= 0.3 is 0 Å². The van der Waals surface area contributed by atoms with Crippen molar-refractivity contribution in [3.05, 3.63) is 52.4 Å². The van der Waals surface area contributed by atoms with Gasteiger partial charge in [-0.25, -0.2) is 4.39 Å². The normalized spacial score (nSPS) is 11.2. The molecule has 0 aliphatic carbocycles. The summed E-state index contributed by atoms with van der Waals surface area (Å²) < 4.78 is 21.0. The van der Waals surface area contributed by atoms with Gasteiger partial charge in [0.25, 0.3) is 5.89 Å². The number of halogens is 2. The highest BCUT2D eigenvalue weighted by Crippen LogP contribution is 2.29. The lowest BCUT2D eigenvalue weighted by molar-refractivity contribution is 0.272. The molecule has 0 amide bonds. The van der Waals surface area contributed by atoms with E-state index in [1.54, 1.807) is 11.3 Å². The van der Waals surface area contributed by atoms with Crippen molar-refractivity contribution in [1.29, 1.82) is 0 Å². The minimum Gasteiger partial charge on any atom is -0.395 e. The second-order valence-electron chi connectivity index (χ2n) is 5.59. The topological polar surface area (TPSA) is 89.9 Å². The van der Waals surface area contributed by atoms with Crippen LogP contribution in [0.25, 0.3) is 22.2 Å². The second-order valence-corrected chi connectivity index (χ2v) is 7.91. The number of hydrogen-bond acceptors (Lipinski definition) is 8. The molecule has 0 fully saturated rings. The summed E-state index contributed by atoms with van der Waals surface area (Å²) in [5.74, 6) is 0.999. The van der Waals surface area contributed by atoms with Crippen LogP contribution in [0.4, 0.5) is 4.39 Å². The average molecular weight is 438 g/mol. The molecule has 1 N–H and O–H groups in total. The molecule has 7 nitrogen and oxygen atoms in total. The van der Waals surface area contributed by atoms with Crippen LogP contribution in [0.3, 0.4) is 0 Å². The molecule has 0 bridgehead atoms. The van der Waals surface area contributed by atoms with Crippen LogP contribution < -0.4 is 0 Å². The van der Waals surface area contributed by atoms with E-state index < -0.39 is 5.82 Å². The standard InChI is InChI=1S/C17H13ClFN5O2S2/c18-10-3-4-12(19)11(8-10)16-20-14(23-26-16)9-28-17-22-21-15(24(17)5-6-25)13-2-1-7-27-13/h1-4,7-8,25H,5-6,9H2. The Balaban J connectivity index is 1.53. The van der Waals surface area contributed by atoms with Crippen molar-refractivity contribution in [2.45, 2.75) is 17.5 Å². The molecular formula is C17H13ClFN5O2S2. The van der Waals surface area contributed by atoms with Crippen LogP contribution in [-0.2, 0) is 12.3 Å². The van der Waals surface area contributed by atoms with Gasteiger partial charge in [0, 0.05) is 11.6 Å². The van der Waals surface area contributed by atoms with E-state index in [1.807, 2.05) is 22.1 Å². The third-order valence-electron chi connectivity index (χ3n) is 3.74. The first-order chi connectivity index (χ1) is 13.7. The molecule has 0 atom stereocenters. The van der Waals surface area contributed by atoms with Crippen molar-refractivity contribution in [2.24, 2.45) is 0 Å². The maximum atomic E-state index is 14.0. The Kier molecular flexibility index (Phi) is 5.72. The number of rotatable bonds is 7. The highest BCUT2D eigenvalue weighted by molar-refractivity contribution is 7.98. The summed E-state index contributed by atoms with van der Waals surface area (Å²) in [7, 11) is 0. The van der Waals surface area contributed by atoms with Gasteiger partial charge in [-0.05, 0) is 29.6 Å². The van der Waals surface area contributed by atoms with Crippen molar-refractivity contribution in [3.63, 3.8) is 0 Å². The predicted octanol–water partition coefficient (Wildman–Crippen LogP) is 4.13. The molecule has 4 aromatic rings. The van der Waals surface area contributed by atoms with Crippen LogP contribution in [0.15, 0.2) is 45.4 Å². The fourth-order valence-electron chi connectivity index (χ4n) is 2.50. The van der Waals surface area contributed by atoms with Crippen molar-refractivity contribution in [2.75, 3.05) is 6.61 Å². The summed E-state index contributed by atoms with van der Waals surface area (Å²) in [6.45, 7) is 0.332. The van der Waals surface area contributed by atoms with E-state index in [-0.39, 0.29) is 18.1 Å². The maximum absolute atomic E-state index is 14.0. The Hall–Kier alpha value is -2.27. The summed E-state index contributed by atoms with van der Waals surface area (Å²) in [6.07, 6.45) is 0. The van der Waals surface area contributed by atoms with Gasteiger partial charge in [-0.3, -0.25) is 4.57 Å². The van der Waals surface area contributed by atoms with E-state index in [1.165, 1.54) is 30.0 Å². The number of benzene rings is 1. The fourth-order valence-corrected chi connectivity index (χ4v) is 4.19. The van der Waals surface area contributed by atoms with Gasteiger partial charge in [0.1, 0.15) is 5.82 Å². The van der Waals surface area contributed by atoms with Gasteiger partial charge in [0.05, 0.1) is 22.8 Å². The Morgan fingerprint density at radius 2 is 2.18 bits per heavy atom. The number of thiophene rings is 1. The minimum atomic E-state index is -0.490. The van der Waals surface area contributed by atoms with Gasteiger partial charge < -0.3 is 9.63 Å². The molecule has 0 spiro atoms. The van der Waals surface area contributed by atoms with Crippen molar-refractivity contribution >= 4 is 34.7 Å². The molecule has 0 saturated heterocycles. The largest absolute Gasteiger partial charge is 0.395 e. The van der Waals surface area contributed by atoms with Crippen LogP contribution in [0.1, 0.15) is 5.82 Å². The maximum Gasteiger partial charge on any atom is 0.260 e. The van der Waals surface area contributed by atoms with Gasteiger partial charge in [-0.1, -0.05) is 34.6 Å². The lowest BCUT2D eigenvalue weighted by Gasteiger charge is -2.06. The van der Waals surface area contributed by atoms with Gasteiger partial charge in [0.2, 0.25) is 0 Å². The molecule has 144 valence electrons. The zero-order chi connectivity index (χ0) is 19.5. The van der Waals surface area contributed by atoms with E-state index in [2.05, 4.69) is 20.3 Å². The lowest BCUT2D eigenvalue weighted by Crippen LogP contribution is -2.05. The predicted molar refractivity (Wildman–Crippen MR) is 105 cm³/mol. The van der Waals surface area contributed by atoms with Crippen LogP contribution >= 0.6 is 34.7 Å². The monoisotopic (exact) mass is 437 g/mol. The molecule has 0 aliphatic heterocycles. The first-order valence-corrected chi connectivity index (χ1v) is 10.4. The molecule has 11 heteroatoms. The Labute approximate surface area is 172 Å². The zero-order valence-electron chi connectivity index (χ0n) is 14.2. The molecule has 0 unspecified atom stereocenters. The van der Waals surface area contributed by atoms with Crippen LogP contribution in [0.5, 0.6) is 0 Å². The number of hydrogen-bond donors (Lipinski definition) is 1. The van der Waals surface area contributed by atoms with Gasteiger partial charge in [0.15, 0.2) is 16.8 Å². The molecule has 3 heterocycles. The molecule has 0 saturated carbocycles. The Bertz CT molecular complexity index is 1080. The minimum absolute atomic E-state index is 0.0373. The van der Waals surface area contributed by atoms with Crippen molar-refractivity contribution in [1.82, 2.24) is 24.9 Å². The smallest absolute Gasteiger partial charge is 0.260 e. The molecule has 1 aromatic carbocycles. The van der Waals surface area contributed by atoms with E-state index in [4.69, 9.17) is 16.1 Å². The molecule has 3 aromatic heterocycles. The van der Waals surface area contributed by atoms with Crippen molar-refractivity contribution < 1.29 is 14.0 Å². The molecule has 0 radical (unpaired) electrons. The summed E-state index contributed by atoms with van der Waals surface area (Å²) >= 11 is 8.81. The average Bonchev–Trinajstić information content (AvgIpc) is 3.43. The molecule has 4 rings (SSSR count). The number of aromatic nitrogens is 5. The van der Waals surface area contributed by atoms with Crippen LogP contribution in [0.2, 0.25) is 5.02 Å². The Morgan fingerprint density at radius 1 is 1.29 bits per heavy atom. The van der Waals surface area contributed by atoms with Gasteiger partial charge in [-0.15, -0.1) is 21.5 Å². The summed E-state index contributed by atoms with van der Waals surface area (Å²) in [4.78, 5) is 5.19. The number of aliphatic hydroxyl groups is 1. The van der Waals surface area contributed by atoms with Crippen LogP contribution in [-0.4, -0.2) is 36.6 Å². The first kappa shape index (κ1) is 19.1. The Morgan fingerprint density at radius 3 is 2.96 bits per heavy atom. The third-order valence-corrected chi connectivity index (χ3v) is 5.80. The SMILES string of the molecule is OCCn1c(SCc2noc(-c3cc(Cl)ccc3F)n2)nnc1-c1cccs1. The lowest BCUT2D eigenvalue weighted by atomic mass is 10.2. The highest BCUT2D eigenvalue weighted by Gasteiger charge is 2.18. The van der Waals surface area contributed by atoms with E-state index in [0.717, 1.165) is 4.88 Å². The van der Waals surface area contributed by atoms with E-state index in [9.17, 15) is 9.50 Å². The van der Waals surface area contributed by atoms with Crippen LogP contribution in [0, 0.1) is 5.82 Å². The second kappa shape index (κ2) is 8.39. The van der Waals surface area contributed by atoms with Crippen molar-refractivity contribution in [3.8, 4) is 22.2 Å².